The van der Waals surface area contributed by atoms with Crippen LogP contribution in [0.5, 0.6) is 0 Å². The maximum absolute atomic E-state index is 12.6. The topological polar surface area (TPSA) is 42.2 Å². The fourth-order valence-corrected chi connectivity index (χ4v) is 3.33. The van der Waals surface area contributed by atoms with Crippen molar-refractivity contribution in [1.29, 1.82) is 0 Å². The molecule has 1 aromatic rings. The first-order chi connectivity index (χ1) is 7.79. The van der Waals surface area contributed by atoms with E-state index in [1.54, 1.807) is 4.90 Å². The van der Waals surface area contributed by atoms with Crippen LogP contribution in [-0.4, -0.2) is 24.1 Å². The van der Waals surface area contributed by atoms with Crippen LogP contribution in [0.2, 0.25) is 0 Å². The first-order valence-electron chi connectivity index (χ1n) is 5.03. The molecule has 17 heavy (non-hydrogen) atoms. The molecule has 2 heterocycles. The van der Waals surface area contributed by atoms with E-state index in [0.717, 1.165) is 11.3 Å². The van der Waals surface area contributed by atoms with Gasteiger partial charge in [-0.15, -0.1) is 0 Å². The van der Waals surface area contributed by atoms with E-state index in [2.05, 4.69) is 20.9 Å². The number of nitrogens with zero attached hydrogens (tertiary/aromatic N) is 2. The molecule has 1 aliphatic rings. The van der Waals surface area contributed by atoms with Gasteiger partial charge in [0.2, 0.25) is 0 Å². The summed E-state index contributed by atoms with van der Waals surface area (Å²) in [5, 5.41) is 0.379. The Balaban J connectivity index is 2.24. The van der Waals surface area contributed by atoms with Gasteiger partial charge in [0.1, 0.15) is 3.79 Å². The van der Waals surface area contributed by atoms with Crippen LogP contribution < -0.4 is 10.6 Å². The van der Waals surface area contributed by atoms with Gasteiger partial charge in [-0.05, 0) is 21.8 Å². The Morgan fingerprint density at radius 2 is 2.12 bits per heavy atom. The summed E-state index contributed by atoms with van der Waals surface area (Å²) in [6.07, 6.45) is -4.42. The number of alkyl halides is 3. The molecule has 0 spiro atoms. The summed E-state index contributed by atoms with van der Waals surface area (Å²) in [4.78, 5) is 5.45. The van der Waals surface area contributed by atoms with Crippen LogP contribution >= 0.6 is 27.3 Å². The van der Waals surface area contributed by atoms with Crippen LogP contribution in [0.3, 0.4) is 0 Å². The summed E-state index contributed by atoms with van der Waals surface area (Å²) < 4.78 is 37.7. The van der Waals surface area contributed by atoms with E-state index >= 15 is 0 Å². The summed E-state index contributed by atoms with van der Waals surface area (Å²) in [5.41, 5.74) is 4.98. The fourth-order valence-electron chi connectivity index (χ4n) is 1.75. The second-order valence-corrected chi connectivity index (χ2v) is 6.46. The monoisotopic (exact) mass is 329 g/mol. The molecule has 1 aromatic heterocycles. The van der Waals surface area contributed by atoms with E-state index < -0.39 is 11.9 Å². The van der Waals surface area contributed by atoms with Gasteiger partial charge in [0, 0.05) is 19.1 Å². The number of rotatable bonds is 1. The average Bonchev–Trinajstić information content (AvgIpc) is 2.70. The third kappa shape index (κ3) is 2.58. The fraction of sp³-hybridized carbons (Fsp3) is 0.667. The van der Waals surface area contributed by atoms with Crippen molar-refractivity contribution in [2.24, 2.45) is 11.7 Å². The van der Waals surface area contributed by atoms with Crippen molar-refractivity contribution in [2.45, 2.75) is 19.1 Å². The van der Waals surface area contributed by atoms with E-state index in [4.69, 9.17) is 5.73 Å². The molecule has 2 rings (SSSR count). The summed E-state index contributed by atoms with van der Waals surface area (Å²) in [5.74, 6) is 0.270. The molecule has 0 saturated carbocycles. The SMILES string of the molecule is C[C@@H]1CN(c2nc(C(F)(F)F)c(Br)s2)C[C@H]1N. The third-order valence-electron chi connectivity index (χ3n) is 2.78. The Morgan fingerprint density at radius 3 is 2.53 bits per heavy atom. The Bertz CT molecular complexity index is 410. The lowest BCUT2D eigenvalue weighted by atomic mass is 10.1. The van der Waals surface area contributed by atoms with Crippen molar-refractivity contribution in [3.05, 3.63) is 9.48 Å². The standard InChI is InChI=1S/C9H11BrF3N3S/c1-4-2-16(3-5(4)14)8-15-6(7(10)17-8)9(11,12)13/h4-5H,2-3,14H2,1H3/t4-,5-/m1/s1. The predicted octanol–water partition coefficient (Wildman–Crippen LogP) is 2.71. The van der Waals surface area contributed by atoms with Gasteiger partial charge in [0.05, 0.1) is 0 Å². The Morgan fingerprint density at radius 1 is 1.47 bits per heavy atom. The first kappa shape index (κ1) is 13.1. The van der Waals surface area contributed by atoms with Crippen molar-refractivity contribution < 1.29 is 13.2 Å². The second kappa shape index (κ2) is 4.40. The molecule has 8 heteroatoms. The molecule has 0 aliphatic carbocycles. The zero-order valence-electron chi connectivity index (χ0n) is 8.96. The van der Waals surface area contributed by atoms with Gasteiger partial charge >= 0.3 is 6.18 Å². The molecule has 0 unspecified atom stereocenters. The number of anilines is 1. The molecule has 1 saturated heterocycles. The molecular formula is C9H11BrF3N3S. The summed E-state index contributed by atoms with van der Waals surface area (Å²) in [7, 11) is 0. The summed E-state index contributed by atoms with van der Waals surface area (Å²) in [6, 6.07) is -0.00740. The van der Waals surface area contributed by atoms with Crippen LogP contribution in [-0.2, 0) is 6.18 Å². The maximum Gasteiger partial charge on any atom is 0.435 e. The lowest BCUT2D eigenvalue weighted by Crippen LogP contribution is -2.28. The van der Waals surface area contributed by atoms with Gasteiger partial charge in [-0.2, -0.15) is 13.2 Å². The number of thiazole rings is 1. The molecule has 0 aromatic carbocycles. The number of aromatic nitrogens is 1. The van der Waals surface area contributed by atoms with Crippen LogP contribution in [0, 0.1) is 5.92 Å². The van der Waals surface area contributed by atoms with Gasteiger partial charge in [-0.25, -0.2) is 4.98 Å². The minimum Gasteiger partial charge on any atom is -0.346 e. The lowest BCUT2D eigenvalue weighted by Gasteiger charge is -2.13. The van der Waals surface area contributed by atoms with E-state index in [1.165, 1.54) is 0 Å². The highest BCUT2D eigenvalue weighted by atomic mass is 79.9. The van der Waals surface area contributed by atoms with Crippen LogP contribution in [0.15, 0.2) is 3.79 Å². The summed E-state index contributed by atoms with van der Waals surface area (Å²) >= 11 is 3.91. The smallest absolute Gasteiger partial charge is 0.346 e. The molecule has 0 radical (unpaired) electrons. The minimum atomic E-state index is -4.42. The zero-order chi connectivity index (χ0) is 12.8. The largest absolute Gasteiger partial charge is 0.435 e. The normalized spacial score (nSPS) is 25.6. The molecule has 2 N–H and O–H groups in total. The highest BCUT2D eigenvalue weighted by Crippen LogP contribution is 2.41. The number of hydrogen-bond donors (Lipinski definition) is 1. The second-order valence-electron chi connectivity index (χ2n) is 4.16. The summed E-state index contributed by atoms with van der Waals surface area (Å²) in [6.45, 7) is 3.19. The Kier molecular flexibility index (Phi) is 3.39. The van der Waals surface area contributed by atoms with Crippen LogP contribution in [0.25, 0.3) is 0 Å². The van der Waals surface area contributed by atoms with Crippen LogP contribution in [0.1, 0.15) is 12.6 Å². The molecule has 96 valence electrons. The van der Waals surface area contributed by atoms with E-state index in [0.29, 0.717) is 18.2 Å². The quantitative estimate of drug-likeness (QED) is 0.861. The van der Waals surface area contributed by atoms with E-state index in [9.17, 15) is 13.2 Å². The molecule has 0 amide bonds. The maximum atomic E-state index is 12.6. The van der Waals surface area contributed by atoms with Gasteiger partial charge in [-0.3, -0.25) is 0 Å². The molecule has 2 atom stereocenters. The first-order valence-corrected chi connectivity index (χ1v) is 6.64. The van der Waals surface area contributed by atoms with E-state index in [1.807, 2.05) is 6.92 Å². The molecule has 0 bridgehead atoms. The van der Waals surface area contributed by atoms with Crippen molar-refractivity contribution in [2.75, 3.05) is 18.0 Å². The molecule has 3 nitrogen and oxygen atoms in total. The van der Waals surface area contributed by atoms with Gasteiger partial charge in [0.15, 0.2) is 10.8 Å². The lowest BCUT2D eigenvalue weighted by molar-refractivity contribution is -0.141. The Labute approximate surface area is 109 Å². The number of hydrogen-bond acceptors (Lipinski definition) is 4. The van der Waals surface area contributed by atoms with Crippen molar-refractivity contribution >= 4 is 32.4 Å². The Hall–Kier alpha value is -0.340. The van der Waals surface area contributed by atoms with Crippen molar-refractivity contribution in [3.63, 3.8) is 0 Å². The van der Waals surface area contributed by atoms with E-state index in [-0.39, 0.29) is 15.7 Å². The van der Waals surface area contributed by atoms with Crippen LogP contribution in [0.4, 0.5) is 18.3 Å². The van der Waals surface area contributed by atoms with Crippen molar-refractivity contribution in [3.8, 4) is 0 Å². The highest BCUT2D eigenvalue weighted by Gasteiger charge is 2.38. The number of halogens is 4. The van der Waals surface area contributed by atoms with Gasteiger partial charge < -0.3 is 10.6 Å². The van der Waals surface area contributed by atoms with Gasteiger partial charge in [0.25, 0.3) is 0 Å². The van der Waals surface area contributed by atoms with Crippen molar-refractivity contribution in [1.82, 2.24) is 4.98 Å². The zero-order valence-corrected chi connectivity index (χ0v) is 11.4. The number of nitrogens with two attached hydrogens (primary N) is 1. The predicted molar refractivity (Wildman–Crippen MR) is 64.2 cm³/mol. The van der Waals surface area contributed by atoms with Gasteiger partial charge in [-0.1, -0.05) is 18.3 Å². The molecular weight excluding hydrogens is 319 g/mol. The molecule has 1 aliphatic heterocycles. The third-order valence-corrected chi connectivity index (χ3v) is 4.55. The average molecular weight is 330 g/mol. The highest BCUT2D eigenvalue weighted by molar-refractivity contribution is 9.11. The minimum absolute atomic E-state index is 0.00740. The molecule has 1 fully saturated rings.